The molecule has 0 saturated heterocycles. The van der Waals surface area contributed by atoms with Gasteiger partial charge in [0.1, 0.15) is 18.4 Å². The zero-order valence-corrected chi connectivity index (χ0v) is 24.8. The molecule has 0 fully saturated rings. The van der Waals surface area contributed by atoms with Crippen molar-refractivity contribution >= 4 is 27.7 Å². The maximum absolute atomic E-state index is 14.3. The van der Waals surface area contributed by atoms with Gasteiger partial charge in [0.25, 0.3) is 11.6 Å². The van der Waals surface area contributed by atoms with E-state index in [0.717, 1.165) is 4.31 Å². The normalized spacial score (nSPS) is 12.8. The van der Waals surface area contributed by atoms with Crippen LogP contribution < -0.4 is 25.0 Å². The van der Waals surface area contributed by atoms with Crippen LogP contribution in [-0.4, -0.2) is 61.3 Å². The molecule has 0 spiro atoms. The van der Waals surface area contributed by atoms with Crippen molar-refractivity contribution in [2.75, 3.05) is 20.4 Å². The second-order valence-electron chi connectivity index (χ2n) is 9.70. The number of nitrogens with one attached hydrogen (secondary N) is 2. The summed E-state index contributed by atoms with van der Waals surface area (Å²) < 4.78 is 50.5. The van der Waals surface area contributed by atoms with Crippen LogP contribution >= 0.6 is 0 Å². The average molecular weight is 631 g/mol. The van der Waals surface area contributed by atoms with E-state index in [-0.39, 0.29) is 30.5 Å². The second kappa shape index (κ2) is 13.6. The van der Waals surface area contributed by atoms with Crippen LogP contribution in [0, 0.1) is 24.0 Å². The van der Waals surface area contributed by atoms with Crippen molar-refractivity contribution in [1.29, 1.82) is 0 Å². The molecule has 0 unspecified atom stereocenters. The average Bonchev–Trinajstić information content (AvgIpc) is 3.47. The molecule has 0 aromatic heterocycles. The number of carbonyl (C=O) groups is 2. The Kier molecular flexibility index (Phi) is 9.87. The van der Waals surface area contributed by atoms with Gasteiger partial charge in [0.2, 0.25) is 16.8 Å². The van der Waals surface area contributed by atoms with Crippen molar-refractivity contribution in [2.24, 2.45) is 0 Å². The van der Waals surface area contributed by atoms with E-state index >= 15 is 0 Å². The van der Waals surface area contributed by atoms with Crippen LogP contribution in [0.3, 0.4) is 0 Å². The monoisotopic (exact) mass is 630 g/mol. The fourth-order valence-corrected chi connectivity index (χ4v) is 6.66. The maximum atomic E-state index is 14.3. The summed E-state index contributed by atoms with van der Waals surface area (Å²) in [4.78, 5) is 35.9. The van der Waals surface area contributed by atoms with Crippen LogP contribution in [0.25, 0.3) is 0 Å². The Morgan fingerprint density at radius 3 is 2.43 bits per heavy atom. The number of benzene rings is 3. The molecule has 4 rings (SSSR count). The van der Waals surface area contributed by atoms with E-state index in [2.05, 4.69) is 5.32 Å². The number of hydrogen-bond acceptors (Lipinski definition) is 11. The standard InChI is InChI=1S/C28H30N4O11S/c1-17-9-22(40-3)10-18(2)26(17)44(38,39)31(14-19-7-8-24-25(12-19)43-16-42-24)23(27(33)30-35)13-29-28(34)41-15-20-5-4-6-21(11-20)32(36)37/h4-12,23,35H,13-16H2,1-3H3,(H,29,34)(H,30,33)/t23-/m1/s1. The summed E-state index contributed by atoms with van der Waals surface area (Å²) in [7, 11) is -3.05. The second-order valence-corrected chi connectivity index (χ2v) is 11.5. The molecule has 1 aliphatic heterocycles. The molecule has 3 N–H and O–H groups in total. The Balaban J connectivity index is 1.64. The number of methoxy groups -OCH3 is 1. The molecule has 0 radical (unpaired) electrons. The highest BCUT2D eigenvalue weighted by Crippen LogP contribution is 2.35. The number of alkyl carbamates (subject to hydrolysis) is 1. The van der Waals surface area contributed by atoms with Crippen molar-refractivity contribution < 1.29 is 47.1 Å². The number of sulfonamides is 1. The smallest absolute Gasteiger partial charge is 0.407 e. The van der Waals surface area contributed by atoms with E-state index < -0.39 is 39.5 Å². The largest absolute Gasteiger partial charge is 0.497 e. The third-order valence-corrected chi connectivity index (χ3v) is 8.86. The number of hydroxylamine groups is 1. The number of carbonyl (C=O) groups excluding carboxylic acids is 2. The van der Waals surface area contributed by atoms with E-state index in [1.807, 2.05) is 0 Å². The van der Waals surface area contributed by atoms with Gasteiger partial charge in [0.05, 0.1) is 16.9 Å². The molecule has 0 bridgehead atoms. The predicted octanol–water partition coefficient (Wildman–Crippen LogP) is 2.94. The number of ether oxygens (including phenoxy) is 4. The number of rotatable bonds is 12. The number of aryl methyl sites for hydroxylation is 2. The summed E-state index contributed by atoms with van der Waals surface area (Å²) in [5, 5.41) is 22.9. The third-order valence-electron chi connectivity index (χ3n) is 6.70. The molecule has 3 aromatic rings. The first-order chi connectivity index (χ1) is 20.9. The van der Waals surface area contributed by atoms with Crippen LogP contribution in [0.4, 0.5) is 10.5 Å². The van der Waals surface area contributed by atoms with E-state index in [9.17, 15) is 33.3 Å². The predicted molar refractivity (Wildman–Crippen MR) is 153 cm³/mol. The Labute approximate surface area is 252 Å². The van der Waals surface area contributed by atoms with Crippen LogP contribution in [-0.2, 0) is 32.7 Å². The lowest BCUT2D eigenvalue weighted by Gasteiger charge is -2.31. The highest BCUT2D eigenvalue weighted by Gasteiger charge is 2.38. The van der Waals surface area contributed by atoms with E-state index in [0.29, 0.717) is 39.5 Å². The topological polar surface area (TPSA) is 196 Å². The van der Waals surface area contributed by atoms with Crippen molar-refractivity contribution in [3.63, 3.8) is 0 Å². The number of hydrogen-bond donors (Lipinski definition) is 3. The Hall–Kier alpha value is -4.93. The fraction of sp³-hybridized carbons (Fsp3) is 0.286. The summed E-state index contributed by atoms with van der Waals surface area (Å²) in [6.45, 7) is 1.82. The summed E-state index contributed by atoms with van der Waals surface area (Å²) in [5.74, 6) is 0.140. The first-order valence-electron chi connectivity index (χ1n) is 13.1. The van der Waals surface area contributed by atoms with Gasteiger partial charge in [0.15, 0.2) is 11.5 Å². The lowest BCUT2D eigenvalue weighted by Crippen LogP contribution is -2.54. The first-order valence-corrected chi connectivity index (χ1v) is 14.5. The molecule has 234 valence electrons. The third kappa shape index (κ3) is 7.16. The molecular weight excluding hydrogens is 600 g/mol. The molecule has 0 aliphatic carbocycles. The van der Waals surface area contributed by atoms with Crippen LogP contribution in [0.1, 0.15) is 22.3 Å². The fourth-order valence-electron chi connectivity index (χ4n) is 4.67. The lowest BCUT2D eigenvalue weighted by molar-refractivity contribution is -0.384. The van der Waals surface area contributed by atoms with Crippen molar-refractivity contribution in [2.45, 2.75) is 37.9 Å². The maximum Gasteiger partial charge on any atom is 0.407 e. The highest BCUT2D eigenvalue weighted by molar-refractivity contribution is 7.89. The number of nitrogens with zero attached hydrogens (tertiary/aromatic N) is 2. The van der Waals surface area contributed by atoms with Crippen molar-refractivity contribution in [3.8, 4) is 17.2 Å². The Morgan fingerprint density at radius 1 is 1.07 bits per heavy atom. The summed E-state index contributed by atoms with van der Waals surface area (Å²) >= 11 is 0. The minimum atomic E-state index is -4.49. The van der Waals surface area contributed by atoms with Gasteiger partial charge < -0.3 is 24.3 Å². The lowest BCUT2D eigenvalue weighted by atomic mass is 10.1. The molecule has 2 amide bonds. The number of fused-ring (bicyclic) bond motifs is 1. The number of non-ortho nitro benzene ring substituents is 1. The summed E-state index contributed by atoms with van der Waals surface area (Å²) in [6, 6.07) is 11.6. The first kappa shape index (κ1) is 32.0. The van der Waals surface area contributed by atoms with Gasteiger partial charge in [-0.05, 0) is 60.4 Å². The Morgan fingerprint density at radius 2 is 1.77 bits per heavy atom. The molecule has 15 nitrogen and oxygen atoms in total. The molecular formula is C28H30N4O11S. The van der Waals surface area contributed by atoms with Crippen LogP contribution in [0.2, 0.25) is 0 Å². The Bertz CT molecular complexity index is 1660. The van der Waals surface area contributed by atoms with Gasteiger partial charge >= 0.3 is 6.09 Å². The van der Waals surface area contributed by atoms with E-state index in [1.165, 1.54) is 49.0 Å². The van der Waals surface area contributed by atoms with E-state index in [1.54, 1.807) is 32.0 Å². The van der Waals surface area contributed by atoms with Crippen LogP contribution in [0.15, 0.2) is 59.5 Å². The molecule has 3 aromatic carbocycles. The minimum Gasteiger partial charge on any atom is -0.497 e. The van der Waals surface area contributed by atoms with Gasteiger partial charge in [-0.15, -0.1) is 0 Å². The summed E-state index contributed by atoms with van der Waals surface area (Å²) in [6.07, 6.45) is -1.04. The van der Waals surface area contributed by atoms with E-state index in [4.69, 9.17) is 18.9 Å². The van der Waals surface area contributed by atoms with Crippen molar-refractivity contribution in [1.82, 2.24) is 15.1 Å². The van der Waals surface area contributed by atoms with Gasteiger partial charge in [-0.2, -0.15) is 4.31 Å². The zero-order valence-electron chi connectivity index (χ0n) is 23.9. The molecule has 16 heteroatoms. The van der Waals surface area contributed by atoms with Gasteiger partial charge in [-0.1, -0.05) is 18.2 Å². The summed E-state index contributed by atoms with van der Waals surface area (Å²) in [5.41, 5.74) is 2.71. The quantitative estimate of drug-likeness (QED) is 0.151. The number of nitro benzene ring substituents is 1. The molecule has 0 saturated carbocycles. The number of nitro groups is 1. The molecule has 1 aliphatic rings. The SMILES string of the molecule is COc1cc(C)c(S(=O)(=O)N(Cc2ccc3c(c2)OCO3)[C@H](CNC(=O)OCc2cccc([N+](=O)[O-])c2)C(=O)NO)c(C)c1. The van der Waals surface area contributed by atoms with Gasteiger partial charge in [0, 0.05) is 25.2 Å². The highest BCUT2D eigenvalue weighted by atomic mass is 32.2. The zero-order chi connectivity index (χ0) is 32.0. The number of amides is 2. The van der Waals surface area contributed by atoms with Crippen LogP contribution in [0.5, 0.6) is 17.2 Å². The minimum absolute atomic E-state index is 0.0110. The van der Waals surface area contributed by atoms with Gasteiger partial charge in [-0.3, -0.25) is 20.1 Å². The molecule has 1 heterocycles. The molecule has 1 atom stereocenters. The van der Waals surface area contributed by atoms with Crippen molar-refractivity contribution in [3.05, 3.63) is 87.0 Å². The molecule has 44 heavy (non-hydrogen) atoms. The van der Waals surface area contributed by atoms with Gasteiger partial charge in [-0.25, -0.2) is 18.7 Å².